The van der Waals surface area contributed by atoms with Gasteiger partial charge in [-0.2, -0.15) is 13.2 Å². The van der Waals surface area contributed by atoms with E-state index >= 15 is 0 Å². The number of carbonyl (C=O) groups excluding carboxylic acids is 3. The van der Waals surface area contributed by atoms with Crippen molar-refractivity contribution in [2.75, 3.05) is 26.8 Å². The molecule has 1 aliphatic heterocycles. The number of nitrogens with zero attached hydrogens (tertiary/aromatic N) is 2. The lowest BCUT2D eigenvalue weighted by atomic mass is 9.81. The number of hydrogen-bond acceptors (Lipinski definition) is 8. The Balaban J connectivity index is 1.55. The smallest absolute Gasteiger partial charge is 0.424 e. The Bertz CT molecular complexity index is 1850. The molecule has 3 amide bonds. The summed E-state index contributed by atoms with van der Waals surface area (Å²) in [7, 11) is 1.40. The summed E-state index contributed by atoms with van der Waals surface area (Å²) in [5.74, 6) is -3.07. The average molecular weight is 642 g/mol. The lowest BCUT2D eigenvalue weighted by Gasteiger charge is -2.31. The highest BCUT2D eigenvalue weighted by molar-refractivity contribution is 6.00. The lowest BCUT2D eigenvalue weighted by Crippen LogP contribution is -2.51. The average Bonchev–Trinajstić information content (AvgIpc) is 3.39. The van der Waals surface area contributed by atoms with Crippen LogP contribution in [-0.2, 0) is 20.6 Å². The first-order chi connectivity index (χ1) is 21.7. The molecule has 15 heteroatoms. The molecule has 46 heavy (non-hydrogen) atoms. The molecule has 11 nitrogen and oxygen atoms in total. The van der Waals surface area contributed by atoms with E-state index in [4.69, 9.17) is 15.2 Å². The monoisotopic (exact) mass is 641 g/mol. The number of nitrogens with one attached hydrogen (secondary N) is 2. The maximum atomic E-state index is 14.7. The number of halogens is 4. The summed E-state index contributed by atoms with van der Waals surface area (Å²) in [5, 5.41) is 16.2. The number of aliphatic hydroxyl groups is 1. The van der Waals surface area contributed by atoms with Crippen LogP contribution >= 0.6 is 0 Å². The predicted molar refractivity (Wildman–Crippen MR) is 155 cm³/mol. The minimum Gasteiger partial charge on any atom is -0.489 e. The molecule has 0 radical (unpaired) electrons. The van der Waals surface area contributed by atoms with Crippen LogP contribution in [0.25, 0.3) is 22.2 Å². The second-order valence-electron chi connectivity index (χ2n) is 10.8. The van der Waals surface area contributed by atoms with Crippen LogP contribution in [0.15, 0.2) is 60.8 Å². The Labute approximate surface area is 258 Å². The van der Waals surface area contributed by atoms with Crippen LogP contribution in [0.5, 0.6) is 11.5 Å². The molecule has 5 N–H and O–H groups in total. The van der Waals surface area contributed by atoms with E-state index in [1.165, 1.54) is 44.4 Å². The summed E-state index contributed by atoms with van der Waals surface area (Å²) in [5.41, 5.74) is -0.748. The highest BCUT2D eigenvalue weighted by Crippen LogP contribution is 2.47. The van der Waals surface area contributed by atoms with Gasteiger partial charge < -0.3 is 30.9 Å². The summed E-state index contributed by atoms with van der Waals surface area (Å²) in [4.78, 5) is 45.7. The number of carbonyl (C=O) groups is 3. The van der Waals surface area contributed by atoms with Crippen LogP contribution in [0.1, 0.15) is 28.5 Å². The number of aromatic nitrogens is 2. The van der Waals surface area contributed by atoms with E-state index in [-0.39, 0.29) is 40.5 Å². The Morgan fingerprint density at radius 1 is 1.13 bits per heavy atom. The number of benzene rings is 2. The van der Waals surface area contributed by atoms with Crippen molar-refractivity contribution in [1.29, 1.82) is 0 Å². The molecule has 0 saturated carbocycles. The third-order valence-electron chi connectivity index (χ3n) is 7.70. The maximum Gasteiger partial charge on any atom is 0.424 e. The third kappa shape index (κ3) is 5.76. The second kappa shape index (κ2) is 11.9. The van der Waals surface area contributed by atoms with Gasteiger partial charge in [-0.25, -0.2) is 9.37 Å². The number of alkyl halides is 3. The number of ether oxygens (including phenoxy) is 2. The lowest BCUT2D eigenvalue weighted by molar-refractivity contribution is -0.265. The summed E-state index contributed by atoms with van der Waals surface area (Å²) in [6.07, 6.45) is -3.95. The topological polar surface area (TPSA) is 166 Å². The zero-order valence-corrected chi connectivity index (χ0v) is 24.4. The highest BCUT2D eigenvalue weighted by Gasteiger charge is 2.57. The third-order valence-corrected chi connectivity index (χ3v) is 7.70. The molecule has 3 heterocycles. The molecule has 5 rings (SSSR count). The van der Waals surface area contributed by atoms with Gasteiger partial charge in [0.15, 0.2) is 6.61 Å². The Hall–Kier alpha value is -5.31. The van der Waals surface area contributed by atoms with E-state index in [0.29, 0.717) is 10.9 Å². The molecule has 0 aliphatic carbocycles. The molecule has 0 bridgehead atoms. The fourth-order valence-corrected chi connectivity index (χ4v) is 4.86. The minimum absolute atomic E-state index is 0.0212. The molecular formula is C31H27F4N5O6. The molecule has 2 atom stereocenters. The van der Waals surface area contributed by atoms with Gasteiger partial charge in [-0.15, -0.1) is 0 Å². The van der Waals surface area contributed by atoms with Crippen molar-refractivity contribution in [2.24, 2.45) is 5.73 Å². The molecule has 0 fully saturated rings. The van der Waals surface area contributed by atoms with Crippen molar-refractivity contribution >= 4 is 28.6 Å². The van der Waals surface area contributed by atoms with Gasteiger partial charge in [0.2, 0.25) is 11.5 Å². The van der Waals surface area contributed by atoms with Gasteiger partial charge in [0.1, 0.15) is 40.5 Å². The van der Waals surface area contributed by atoms with Crippen LogP contribution < -0.4 is 25.8 Å². The summed E-state index contributed by atoms with van der Waals surface area (Å²) in [6, 6.07) is 11.2. The van der Waals surface area contributed by atoms with Crippen molar-refractivity contribution in [2.45, 2.75) is 24.1 Å². The molecule has 1 aliphatic rings. The van der Waals surface area contributed by atoms with Crippen molar-refractivity contribution in [3.63, 3.8) is 0 Å². The standard InChI is InChI=1S/C31H27F4N5O6/c1-29(28(36)43)15-46-26-20(29)12-22(40-25(26)16-5-7-19(32)8-6-16)30(44,31(33,34)35)14-39-27(42)18-10-17-4-3-9-38-24(17)21(11-18)45-13-23(41)37-2/h3-12,44H,13-15H2,1-2H3,(H2,36,43)(H,37,41)(H,39,42)/t29-,30-/m0/s1. The Morgan fingerprint density at radius 3 is 2.50 bits per heavy atom. The molecule has 2 aromatic heterocycles. The van der Waals surface area contributed by atoms with Crippen LogP contribution in [0.4, 0.5) is 17.6 Å². The van der Waals surface area contributed by atoms with E-state index in [9.17, 15) is 37.1 Å². The number of rotatable bonds is 9. The van der Waals surface area contributed by atoms with Crippen LogP contribution in [0.3, 0.4) is 0 Å². The summed E-state index contributed by atoms with van der Waals surface area (Å²) >= 11 is 0. The van der Waals surface area contributed by atoms with Gasteiger partial charge in [0, 0.05) is 35.3 Å². The molecule has 0 spiro atoms. The quantitative estimate of drug-likeness (QED) is 0.203. The number of likely N-dealkylation sites (N-methyl/N-ethyl adjacent to an activating group) is 1. The Kier molecular flexibility index (Phi) is 8.30. The minimum atomic E-state index is -5.40. The van der Waals surface area contributed by atoms with Gasteiger partial charge in [0.05, 0.1) is 12.2 Å². The zero-order chi connectivity index (χ0) is 33.4. The largest absolute Gasteiger partial charge is 0.489 e. The van der Waals surface area contributed by atoms with Crippen molar-refractivity contribution in [3.8, 4) is 22.8 Å². The van der Waals surface area contributed by atoms with E-state index in [1.807, 2.05) is 0 Å². The fourth-order valence-electron chi connectivity index (χ4n) is 4.86. The molecular weight excluding hydrogens is 614 g/mol. The van der Waals surface area contributed by atoms with E-state index < -0.39 is 59.6 Å². The number of nitrogens with two attached hydrogens (primary N) is 1. The molecule has 2 aromatic carbocycles. The SMILES string of the molecule is CNC(=O)COc1cc(C(=O)NC[C@](O)(c2cc3c(c(-c4ccc(F)cc4)n2)OC[C@]3(C)C(N)=O)C(F)(F)F)cc2cccnc12. The highest BCUT2D eigenvalue weighted by atomic mass is 19.4. The molecule has 0 unspecified atom stereocenters. The second-order valence-corrected chi connectivity index (χ2v) is 10.8. The first-order valence-electron chi connectivity index (χ1n) is 13.7. The number of amides is 3. The number of fused-ring (bicyclic) bond motifs is 2. The predicted octanol–water partition coefficient (Wildman–Crippen LogP) is 2.88. The normalized spacial score (nSPS) is 17.0. The summed E-state index contributed by atoms with van der Waals surface area (Å²) < 4.78 is 69.1. The first kappa shape index (κ1) is 32.1. The van der Waals surface area contributed by atoms with Gasteiger partial charge in [-0.1, -0.05) is 6.07 Å². The maximum absolute atomic E-state index is 14.7. The van der Waals surface area contributed by atoms with E-state index in [0.717, 1.165) is 18.2 Å². The van der Waals surface area contributed by atoms with Gasteiger partial charge in [-0.3, -0.25) is 19.4 Å². The van der Waals surface area contributed by atoms with Crippen molar-refractivity contribution in [1.82, 2.24) is 20.6 Å². The van der Waals surface area contributed by atoms with E-state index in [2.05, 4.69) is 20.6 Å². The van der Waals surface area contributed by atoms with Crippen LogP contribution in [0.2, 0.25) is 0 Å². The molecule has 240 valence electrons. The number of pyridine rings is 2. The number of hydrogen-bond donors (Lipinski definition) is 4. The van der Waals surface area contributed by atoms with E-state index in [1.54, 1.807) is 12.1 Å². The van der Waals surface area contributed by atoms with Crippen molar-refractivity contribution in [3.05, 3.63) is 83.4 Å². The number of primary amides is 1. The molecule has 4 aromatic rings. The van der Waals surface area contributed by atoms with Crippen LogP contribution in [0, 0.1) is 5.82 Å². The van der Waals surface area contributed by atoms with Crippen LogP contribution in [-0.4, -0.2) is 65.8 Å². The van der Waals surface area contributed by atoms with Gasteiger partial charge in [0.25, 0.3) is 11.8 Å². The fraction of sp³-hybridized carbons (Fsp3) is 0.258. The molecule has 0 saturated heterocycles. The first-order valence-corrected chi connectivity index (χ1v) is 13.7. The van der Waals surface area contributed by atoms with Gasteiger partial charge in [-0.05, 0) is 55.5 Å². The Morgan fingerprint density at radius 2 is 1.85 bits per heavy atom. The van der Waals surface area contributed by atoms with Gasteiger partial charge >= 0.3 is 6.18 Å². The summed E-state index contributed by atoms with van der Waals surface area (Å²) in [6.45, 7) is -0.779. The zero-order valence-electron chi connectivity index (χ0n) is 24.4. The van der Waals surface area contributed by atoms with Crippen molar-refractivity contribution < 1.29 is 46.5 Å².